The molecule has 0 unspecified atom stereocenters. The Labute approximate surface area is 73.5 Å². The predicted molar refractivity (Wildman–Crippen MR) is 30.6 cm³/mol. The van der Waals surface area contributed by atoms with E-state index in [2.05, 4.69) is 0 Å². The first-order valence-corrected chi connectivity index (χ1v) is 2.71. The number of carboxylic acid groups (broad SMARTS) is 2. The quantitative estimate of drug-likeness (QED) is 0.389. The summed E-state index contributed by atoms with van der Waals surface area (Å²) in [6.45, 7) is 0. The zero-order valence-electron chi connectivity index (χ0n) is 5.29. The van der Waals surface area contributed by atoms with Crippen LogP contribution in [-0.2, 0) is 30.0 Å². The Hall–Kier alpha value is -0.686. The summed E-state index contributed by atoms with van der Waals surface area (Å²) in [4.78, 5) is 19.7. The third-order valence-corrected chi connectivity index (χ3v) is 1.06. The van der Waals surface area contributed by atoms with Crippen molar-refractivity contribution >= 4 is 11.9 Å². The van der Waals surface area contributed by atoms with E-state index in [-0.39, 0.29) is 14.8 Å². The van der Waals surface area contributed by atoms with Crippen LogP contribution in [0.2, 0.25) is 0 Å². The molecular formula is C4H7O6Ti. The van der Waals surface area contributed by atoms with Crippen LogP contribution in [0.5, 0.6) is 0 Å². The monoisotopic (exact) mass is 199 g/mol. The Balaban J connectivity index is -0.000000320. The van der Waals surface area contributed by atoms with Gasteiger partial charge in [0.1, 0.15) is 0 Å². The predicted octanol–water partition coefficient (Wildman–Crippen LogP) is -2.06. The van der Waals surface area contributed by atoms with Gasteiger partial charge in [-0.25, -0.2) is 0 Å². The zero-order valence-corrected chi connectivity index (χ0v) is 6.85. The topological polar surface area (TPSA) is 138 Å². The Kier molecular flexibility index (Phi) is 11.3. The van der Waals surface area contributed by atoms with Crippen molar-refractivity contribution < 1.29 is 51.2 Å². The number of hydrogen-bond acceptors (Lipinski definition) is 2. The minimum atomic E-state index is -1.24. The molecule has 0 amide bonds. The fourth-order valence-electron chi connectivity index (χ4n) is 0.185. The van der Waals surface area contributed by atoms with E-state index >= 15 is 0 Å². The number of rotatable bonds is 2. The molecule has 0 aliphatic carbocycles. The van der Waals surface area contributed by atoms with Gasteiger partial charge in [-0.2, -0.15) is 0 Å². The third-order valence-electron chi connectivity index (χ3n) is 0.498. The molecule has 0 saturated heterocycles. The summed E-state index contributed by atoms with van der Waals surface area (Å²) in [6.07, 6.45) is 0.641. The van der Waals surface area contributed by atoms with Crippen LogP contribution in [0.4, 0.5) is 0 Å². The molecular weight excluding hydrogens is 192 g/mol. The number of hydrogen-bond donors (Lipinski definition) is 2. The molecule has 0 aliphatic heterocycles. The fourth-order valence-corrected chi connectivity index (χ4v) is 0.378. The summed E-state index contributed by atoms with van der Waals surface area (Å²) in [7, 11) is 0. The number of aliphatic carboxylic acids is 2. The second kappa shape index (κ2) is 7.42. The van der Waals surface area contributed by atoms with Crippen molar-refractivity contribution in [3.8, 4) is 0 Å². The molecule has 11 heavy (non-hydrogen) atoms. The van der Waals surface area contributed by atoms with Crippen LogP contribution in [0.25, 0.3) is 0 Å². The van der Waals surface area contributed by atoms with Crippen LogP contribution in [-0.4, -0.2) is 33.1 Å². The number of carbonyl (C=O) groups is 2. The van der Waals surface area contributed by atoms with Gasteiger partial charge in [-0.3, -0.25) is 0 Å². The van der Waals surface area contributed by atoms with Gasteiger partial charge in [0.2, 0.25) is 0 Å². The van der Waals surface area contributed by atoms with Crippen molar-refractivity contribution in [1.82, 2.24) is 0 Å². The first-order chi connectivity index (χ1) is 4.04. The van der Waals surface area contributed by atoms with Crippen molar-refractivity contribution in [3.05, 3.63) is 9.95 Å². The second-order valence-corrected chi connectivity index (χ2v) is 2.04. The summed E-state index contributed by atoms with van der Waals surface area (Å²) in [5, 5.41) is 16.1. The Morgan fingerprint density at radius 2 is 1.55 bits per heavy atom. The van der Waals surface area contributed by atoms with E-state index < -0.39 is 11.9 Å². The molecule has 0 spiro atoms. The average molecular weight is 199 g/mol. The van der Waals surface area contributed by atoms with Crippen molar-refractivity contribution in [2.24, 2.45) is 0 Å². The summed E-state index contributed by atoms with van der Waals surface area (Å²) in [5.74, 6) is -2.45. The Bertz CT molecular complexity index is 173. The van der Waals surface area contributed by atoms with E-state index in [1.807, 2.05) is 0 Å². The Morgan fingerprint density at radius 1 is 1.18 bits per heavy atom. The molecule has 0 radical (unpaired) electrons. The maximum absolute atomic E-state index is 9.90. The van der Waals surface area contributed by atoms with Gasteiger partial charge >= 0.3 is 62.1 Å². The van der Waals surface area contributed by atoms with E-state index in [0.717, 1.165) is 0 Å². The van der Waals surface area contributed by atoms with Crippen molar-refractivity contribution in [2.75, 3.05) is 0 Å². The van der Waals surface area contributed by atoms with Gasteiger partial charge in [0, 0.05) is 0 Å². The third kappa shape index (κ3) is 9.31. The molecule has 0 bridgehead atoms. The molecule has 0 rings (SSSR count). The summed E-state index contributed by atoms with van der Waals surface area (Å²) >= 11 is 1.22. The van der Waals surface area contributed by atoms with Crippen LogP contribution in [0, 0.1) is 0 Å². The summed E-state index contributed by atoms with van der Waals surface area (Å²) in [5.41, 5.74) is 0. The average Bonchev–Trinajstić information content (AvgIpc) is 1.63. The van der Waals surface area contributed by atoms with Gasteiger partial charge in [0.25, 0.3) is 0 Å². The first-order valence-electron chi connectivity index (χ1n) is 1.93. The van der Waals surface area contributed by atoms with Gasteiger partial charge in [-0.15, -0.1) is 0 Å². The van der Waals surface area contributed by atoms with Crippen LogP contribution in [0.3, 0.4) is 0 Å². The molecule has 0 aromatic carbocycles. The van der Waals surface area contributed by atoms with E-state index in [1.165, 1.54) is 20.4 Å². The van der Waals surface area contributed by atoms with Gasteiger partial charge < -0.3 is 11.0 Å². The molecule has 0 aromatic rings. The second-order valence-electron chi connectivity index (χ2n) is 1.20. The van der Waals surface area contributed by atoms with Crippen LogP contribution >= 0.6 is 0 Å². The molecule has 0 atom stereocenters. The van der Waals surface area contributed by atoms with Crippen molar-refractivity contribution in [2.45, 2.75) is 0 Å². The van der Waals surface area contributed by atoms with Gasteiger partial charge in [-0.05, 0) is 0 Å². The Morgan fingerprint density at radius 3 is 1.64 bits per heavy atom. The van der Waals surface area contributed by atoms with Gasteiger partial charge in [0.05, 0.1) is 0 Å². The van der Waals surface area contributed by atoms with E-state index in [1.54, 1.807) is 0 Å². The van der Waals surface area contributed by atoms with Gasteiger partial charge in [0.15, 0.2) is 0 Å². The standard InChI is InChI=1S/C4H3O4.2H2O.Ti/c5-3(6)1-2-4(7)8;;;/h1H,(H,5,6)(H,7,8);2*1H2;. The minimum absolute atomic E-state index is 0. The van der Waals surface area contributed by atoms with E-state index in [9.17, 15) is 9.59 Å². The molecule has 0 heterocycles. The molecule has 0 aromatic heterocycles. The van der Waals surface area contributed by atoms with Crippen LogP contribution < -0.4 is 0 Å². The summed E-state index contributed by atoms with van der Waals surface area (Å²) < 4.78 is -0.178. The van der Waals surface area contributed by atoms with E-state index in [0.29, 0.717) is 6.08 Å². The molecule has 0 saturated carbocycles. The molecule has 6 nitrogen and oxygen atoms in total. The molecule has 63 valence electrons. The normalized spacial score (nSPS) is 8.82. The molecule has 0 fully saturated rings. The van der Waals surface area contributed by atoms with E-state index in [4.69, 9.17) is 10.2 Å². The van der Waals surface area contributed by atoms with Crippen molar-refractivity contribution in [3.63, 3.8) is 0 Å². The number of carboxylic acids is 2. The molecule has 0 aliphatic rings. The van der Waals surface area contributed by atoms with Gasteiger partial charge in [-0.1, -0.05) is 0 Å². The van der Waals surface area contributed by atoms with Crippen LogP contribution in [0.15, 0.2) is 9.95 Å². The van der Waals surface area contributed by atoms with Crippen molar-refractivity contribution in [1.29, 1.82) is 0 Å². The zero-order chi connectivity index (χ0) is 7.44. The SMILES string of the molecule is O.O.O=C(O)/C=[C](/[Ti])C(=O)O. The summed E-state index contributed by atoms with van der Waals surface area (Å²) in [6, 6.07) is 0. The molecule has 6 N–H and O–H groups in total. The fraction of sp³-hybridized carbons (Fsp3) is 0. The maximum atomic E-state index is 9.90. The first kappa shape index (κ1) is 16.7. The molecule has 7 heteroatoms. The van der Waals surface area contributed by atoms with Crippen LogP contribution in [0.1, 0.15) is 0 Å².